The Morgan fingerprint density at radius 2 is 1.89 bits per heavy atom. The van der Waals surface area contributed by atoms with Crippen molar-refractivity contribution in [3.8, 4) is 0 Å². The summed E-state index contributed by atoms with van der Waals surface area (Å²) in [6.45, 7) is 15.5. The molecule has 1 amide bonds. The van der Waals surface area contributed by atoms with Gasteiger partial charge in [0.2, 0.25) is 5.91 Å². The zero-order valence-corrected chi connectivity index (χ0v) is 18.0. The highest BCUT2D eigenvalue weighted by Gasteiger charge is 2.27. The third-order valence-electron chi connectivity index (χ3n) is 5.71. The monoisotopic (exact) mass is 379 g/mol. The maximum atomic E-state index is 12.1. The summed E-state index contributed by atoms with van der Waals surface area (Å²) in [6.07, 6.45) is 6.05. The van der Waals surface area contributed by atoms with E-state index >= 15 is 0 Å². The largest absolute Gasteiger partial charge is 0.357 e. The van der Waals surface area contributed by atoms with E-state index in [0.717, 1.165) is 50.9 Å². The fraction of sp³-hybridized carbons (Fsp3) is 0.905. The number of hydrogen-bond donors (Lipinski definition) is 2. The summed E-state index contributed by atoms with van der Waals surface area (Å²) in [6, 6.07) is 0.306. The van der Waals surface area contributed by atoms with Gasteiger partial charge in [-0.1, -0.05) is 20.8 Å². The number of aliphatic imine (C=N–C) groups is 1. The first-order valence-corrected chi connectivity index (χ1v) is 11.1. The smallest absolute Gasteiger partial charge is 0.225 e. The third kappa shape index (κ3) is 7.68. The highest BCUT2D eigenvalue weighted by Crippen LogP contribution is 2.16. The second-order valence-corrected chi connectivity index (χ2v) is 8.56. The molecule has 2 aliphatic rings. The van der Waals surface area contributed by atoms with Crippen LogP contribution in [0.25, 0.3) is 0 Å². The van der Waals surface area contributed by atoms with Crippen LogP contribution >= 0.6 is 0 Å². The van der Waals surface area contributed by atoms with E-state index < -0.39 is 0 Å². The SMILES string of the molecule is CCNC(=NCCCCN1CCC(C)CC1)NC1CCN(C(=O)C(C)C)C1. The summed E-state index contributed by atoms with van der Waals surface area (Å²) in [7, 11) is 0. The quantitative estimate of drug-likeness (QED) is 0.386. The van der Waals surface area contributed by atoms with Crippen molar-refractivity contribution in [1.29, 1.82) is 0 Å². The van der Waals surface area contributed by atoms with Gasteiger partial charge in [0.1, 0.15) is 0 Å². The second-order valence-electron chi connectivity index (χ2n) is 8.56. The van der Waals surface area contributed by atoms with E-state index in [1.165, 1.54) is 38.9 Å². The van der Waals surface area contributed by atoms with E-state index in [4.69, 9.17) is 4.99 Å². The van der Waals surface area contributed by atoms with Crippen LogP contribution in [0, 0.1) is 11.8 Å². The van der Waals surface area contributed by atoms with Gasteiger partial charge in [0.15, 0.2) is 5.96 Å². The molecule has 2 heterocycles. The molecule has 2 rings (SSSR count). The highest BCUT2D eigenvalue weighted by atomic mass is 16.2. The van der Waals surface area contributed by atoms with E-state index in [1.807, 2.05) is 18.7 Å². The van der Waals surface area contributed by atoms with Gasteiger partial charge in [-0.25, -0.2) is 0 Å². The number of piperidine rings is 1. The molecule has 0 radical (unpaired) electrons. The van der Waals surface area contributed by atoms with Crippen molar-refractivity contribution in [2.24, 2.45) is 16.8 Å². The minimum Gasteiger partial charge on any atom is -0.357 e. The highest BCUT2D eigenvalue weighted by molar-refractivity contribution is 5.81. The van der Waals surface area contributed by atoms with Crippen LogP contribution in [0.15, 0.2) is 4.99 Å². The van der Waals surface area contributed by atoms with E-state index in [0.29, 0.717) is 6.04 Å². The van der Waals surface area contributed by atoms with Gasteiger partial charge in [0.05, 0.1) is 0 Å². The lowest BCUT2D eigenvalue weighted by molar-refractivity contribution is -0.133. The number of carbonyl (C=O) groups is 1. The molecule has 2 fully saturated rings. The zero-order chi connectivity index (χ0) is 19.6. The minimum atomic E-state index is 0.0776. The van der Waals surface area contributed by atoms with Crippen molar-refractivity contribution in [1.82, 2.24) is 20.4 Å². The number of carbonyl (C=O) groups excluding carboxylic acids is 1. The zero-order valence-electron chi connectivity index (χ0n) is 18.0. The van der Waals surface area contributed by atoms with Crippen molar-refractivity contribution in [3.05, 3.63) is 0 Å². The average Bonchev–Trinajstić information content (AvgIpc) is 3.10. The number of unbranched alkanes of at least 4 members (excludes halogenated alkanes) is 1. The molecule has 0 aromatic carbocycles. The summed E-state index contributed by atoms with van der Waals surface area (Å²) in [5.41, 5.74) is 0. The van der Waals surface area contributed by atoms with Gasteiger partial charge >= 0.3 is 0 Å². The molecule has 0 spiro atoms. The fourth-order valence-electron chi connectivity index (χ4n) is 3.88. The molecule has 0 saturated carbocycles. The third-order valence-corrected chi connectivity index (χ3v) is 5.71. The number of nitrogens with one attached hydrogen (secondary N) is 2. The van der Waals surface area contributed by atoms with Gasteiger partial charge < -0.3 is 20.4 Å². The van der Waals surface area contributed by atoms with Gasteiger partial charge in [-0.05, 0) is 64.6 Å². The Morgan fingerprint density at radius 3 is 2.56 bits per heavy atom. The summed E-state index contributed by atoms with van der Waals surface area (Å²) >= 11 is 0. The summed E-state index contributed by atoms with van der Waals surface area (Å²) in [4.78, 5) is 21.5. The van der Waals surface area contributed by atoms with Crippen LogP contribution < -0.4 is 10.6 Å². The summed E-state index contributed by atoms with van der Waals surface area (Å²) < 4.78 is 0. The number of nitrogens with zero attached hydrogens (tertiary/aromatic N) is 3. The standard InChI is InChI=1S/C21H41N5O/c1-5-22-21(24-19-10-15-26(16-19)20(27)17(2)3)23-11-6-7-12-25-13-8-18(4)9-14-25/h17-19H,5-16H2,1-4H3,(H2,22,23,24). The number of amides is 1. The molecule has 1 unspecified atom stereocenters. The van der Waals surface area contributed by atoms with Crippen LogP contribution in [0.4, 0.5) is 0 Å². The van der Waals surface area contributed by atoms with E-state index in [2.05, 4.69) is 29.4 Å². The first kappa shape index (κ1) is 22.0. The van der Waals surface area contributed by atoms with Crippen LogP contribution in [0.3, 0.4) is 0 Å². The molecule has 6 heteroatoms. The number of likely N-dealkylation sites (tertiary alicyclic amines) is 2. The molecule has 6 nitrogen and oxygen atoms in total. The maximum absolute atomic E-state index is 12.1. The molecule has 0 bridgehead atoms. The Balaban J connectivity index is 1.67. The molecule has 1 atom stereocenters. The molecular weight excluding hydrogens is 338 g/mol. The summed E-state index contributed by atoms with van der Waals surface area (Å²) in [5.74, 6) is 2.14. The topological polar surface area (TPSA) is 60.0 Å². The molecule has 2 aliphatic heterocycles. The van der Waals surface area contributed by atoms with Crippen LogP contribution in [0.2, 0.25) is 0 Å². The number of rotatable bonds is 8. The Labute approximate surface area is 166 Å². The molecule has 27 heavy (non-hydrogen) atoms. The lowest BCUT2D eigenvalue weighted by Gasteiger charge is -2.30. The van der Waals surface area contributed by atoms with Gasteiger partial charge in [0.25, 0.3) is 0 Å². The van der Waals surface area contributed by atoms with Gasteiger partial charge in [0, 0.05) is 38.1 Å². The van der Waals surface area contributed by atoms with Crippen molar-refractivity contribution in [2.75, 3.05) is 45.8 Å². The van der Waals surface area contributed by atoms with Crippen molar-refractivity contribution >= 4 is 11.9 Å². The Hall–Kier alpha value is -1.30. The Bertz CT molecular complexity index is 471. The number of hydrogen-bond acceptors (Lipinski definition) is 3. The van der Waals surface area contributed by atoms with Gasteiger partial charge in [-0.2, -0.15) is 0 Å². The van der Waals surface area contributed by atoms with Crippen LogP contribution in [-0.2, 0) is 4.79 Å². The van der Waals surface area contributed by atoms with Crippen LogP contribution in [0.5, 0.6) is 0 Å². The van der Waals surface area contributed by atoms with Crippen molar-refractivity contribution in [3.63, 3.8) is 0 Å². The minimum absolute atomic E-state index is 0.0776. The lowest BCUT2D eigenvalue weighted by atomic mass is 9.99. The van der Waals surface area contributed by atoms with Crippen molar-refractivity contribution < 1.29 is 4.79 Å². The first-order valence-electron chi connectivity index (χ1n) is 11.1. The van der Waals surface area contributed by atoms with E-state index in [9.17, 15) is 4.79 Å². The predicted octanol–water partition coefficient (Wildman–Crippen LogP) is 2.31. The van der Waals surface area contributed by atoms with Crippen molar-refractivity contribution in [2.45, 2.75) is 65.8 Å². The predicted molar refractivity (Wildman–Crippen MR) is 113 cm³/mol. The van der Waals surface area contributed by atoms with Gasteiger partial charge in [-0.15, -0.1) is 0 Å². The first-order chi connectivity index (χ1) is 13.0. The number of guanidine groups is 1. The average molecular weight is 380 g/mol. The molecule has 0 aromatic heterocycles. The van der Waals surface area contributed by atoms with Crippen LogP contribution in [-0.4, -0.2) is 73.5 Å². The lowest BCUT2D eigenvalue weighted by Crippen LogP contribution is -2.45. The van der Waals surface area contributed by atoms with E-state index in [-0.39, 0.29) is 11.8 Å². The molecule has 156 valence electrons. The van der Waals surface area contributed by atoms with E-state index in [1.54, 1.807) is 0 Å². The summed E-state index contributed by atoms with van der Waals surface area (Å²) in [5, 5.41) is 6.87. The van der Waals surface area contributed by atoms with Gasteiger partial charge in [-0.3, -0.25) is 9.79 Å². The fourth-order valence-corrected chi connectivity index (χ4v) is 3.88. The molecule has 2 N–H and O–H groups in total. The maximum Gasteiger partial charge on any atom is 0.225 e. The normalized spacial score (nSPS) is 22.5. The Morgan fingerprint density at radius 1 is 1.15 bits per heavy atom. The molecule has 0 aliphatic carbocycles. The molecule has 2 saturated heterocycles. The second kappa shape index (κ2) is 11.5. The van der Waals surface area contributed by atoms with Crippen LogP contribution in [0.1, 0.15) is 59.8 Å². The molecular formula is C21H41N5O. The molecule has 0 aromatic rings. The Kier molecular flexibility index (Phi) is 9.39.